The quantitative estimate of drug-likeness (QED) is 0.801. The Labute approximate surface area is 129 Å². The molecule has 0 aliphatic carbocycles. The van der Waals surface area contributed by atoms with E-state index in [9.17, 15) is 4.79 Å². The first-order valence-corrected chi connectivity index (χ1v) is 6.85. The largest absolute Gasteiger partial charge is 0.378 e. The van der Waals surface area contributed by atoms with Crippen LogP contribution in [0.2, 0.25) is 0 Å². The van der Waals surface area contributed by atoms with Crippen molar-refractivity contribution in [3.63, 3.8) is 0 Å². The molecule has 1 aromatic carbocycles. The van der Waals surface area contributed by atoms with Gasteiger partial charge in [-0.3, -0.25) is 4.79 Å². The van der Waals surface area contributed by atoms with Gasteiger partial charge in [0.25, 0.3) is 5.91 Å². The number of aromatic nitrogens is 2. The maximum Gasteiger partial charge on any atom is 0.258 e. The van der Waals surface area contributed by atoms with E-state index in [2.05, 4.69) is 27.2 Å². The van der Waals surface area contributed by atoms with Crippen molar-refractivity contribution in [3.8, 4) is 0 Å². The monoisotopic (exact) mass is 297 g/mol. The number of hydrogen-bond acceptors (Lipinski definition) is 5. The van der Waals surface area contributed by atoms with Gasteiger partial charge in [-0.2, -0.15) is 0 Å². The van der Waals surface area contributed by atoms with Crippen molar-refractivity contribution in [1.29, 1.82) is 0 Å². The summed E-state index contributed by atoms with van der Waals surface area (Å²) in [5, 5.41) is 5.76. The molecule has 0 spiro atoms. The highest BCUT2D eigenvalue weighted by Gasteiger charge is 2.07. The first-order chi connectivity index (χ1) is 10.6. The van der Waals surface area contributed by atoms with Crippen LogP contribution in [0.25, 0.3) is 0 Å². The van der Waals surface area contributed by atoms with Gasteiger partial charge < -0.3 is 15.5 Å². The summed E-state index contributed by atoms with van der Waals surface area (Å²) >= 11 is 0. The standard InChI is InChI=1S/C16H19N5O/c1-4-9-17-16-18-10-12(11-19-16)15(22)20-13-5-7-14(8-6-13)21(2)3/h4-8,10-11H,1,9H2,2-3H3,(H,20,22)(H,17,18,19). The fraction of sp³-hybridized carbons (Fsp3) is 0.188. The lowest BCUT2D eigenvalue weighted by atomic mass is 10.2. The molecule has 0 saturated heterocycles. The molecule has 114 valence electrons. The highest BCUT2D eigenvalue weighted by molar-refractivity contribution is 6.03. The summed E-state index contributed by atoms with van der Waals surface area (Å²) < 4.78 is 0. The average Bonchev–Trinajstić information content (AvgIpc) is 2.54. The van der Waals surface area contributed by atoms with Gasteiger partial charge in [0.1, 0.15) is 0 Å². The lowest BCUT2D eigenvalue weighted by molar-refractivity contribution is 0.102. The Balaban J connectivity index is 2.00. The Morgan fingerprint density at radius 2 is 1.86 bits per heavy atom. The molecule has 2 rings (SSSR count). The topological polar surface area (TPSA) is 70.2 Å². The number of nitrogens with one attached hydrogen (secondary N) is 2. The molecule has 6 heteroatoms. The molecule has 1 amide bonds. The summed E-state index contributed by atoms with van der Waals surface area (Å²) in [6.07, 6.45) is 4.69. The number of benzene rings is 1. The fourth-order valence-electron chi connectivity index (χ4n) is 1.75. The smallest absolute Gasteiger partial charge is 0.258 e. The van der Waals surface area contributed by atoms with E-state index in [4.69, 9.17) is 0 Å². The van der Waals surface area contributed by atoms with E-state index >= 15 is 0 Å². The van der Waals surface area contributed by atoms with Crippen molar-refractivity contribution in [3.05, 3.63) is 54.9 Å². The molecule has 0 aliphatic rings. The van der Waals surface area contributed by atoms with Gasteiger partial charge in [-0.05, 0) is 24.3 Å². The summed E-state index contributed by atoms with van der Waals surface area (Å²) in [6.45, 7) is 4.17. The molecule has 22 heavy (non-hydrogen) atoms. The van der Waals surface area contributed by atoms with E-state index < -0.39 is 0 Å². The maximum absolute atomic E-state index is 12.1. The van der Waals surface area contributed by atoms with Crippen LogP contribution in [0.4, 0.5) is 17.3 Å². The number of carbonyl (C=O) groups excluding carboxylic acids is 1. The molecule has 0 radical (unpaired) electrons. The number of anilines is 3. The van der Waals surface area contributed by atoms with Crippen molar-refractivity contribution in [2.24, 2.45) is 0 Å². The van der Waals surface area contributed by atoms with E-state index in [1.54, 1.807) is 6.08 Å². The Kier molecular flexibility index (Phi) is 5.08. The maximum atomic E-state index is 12.1. The van der Waals surface area contributed by atoms with E-state index in [1.807, 2.05) is 43.3 Å². The van der Waals surface area contributed by atoms with E-state index in [1.165, 1.54) is 12.4 Å². The first-order valence-electron chi connectivity index (χ1n) is 6.85. The molecule has 1 heterocycles. The molecule has 0 saturated carbocycles. The number of nitrogens with zero attached hydrogens (tertiary/aromatic N) is 3. The van der Waals surface area contributed by atoms with Gasteiger partial charge in [0.15, 0.2) is 0 Å². The Morgan fingerprint density at radius 3 is 2.41 bits per heavy atom. The van der Waals surface area contributed by atoms with Crippen LogP contribution < -0.4 is 15.5 Å². The highest BCUT2D eigenvalue weighted by Crippen LogP contribution is 2.16. The third-order valence-electron chi connectivity index (χ3n) is 2.96. The molecular formula is C16H19N5O. The molecule has 0 fully saturated rings. The van der Waals surface area contributed by atoms with Crippen molar-refractivity contribution in [2.45, 2.75) is 0 Å². The number of amides is 1. The average molecular weight is 297 g/mol. The second kappa shape index (κ2) is 7.21. The zero-order chi connectivity index (χ0) is 15.9. The number of hydrogen-bond donors (Lipinski definition) is 2. The van der Waals surface area contributed by atoms with Crippen molar-refractivity contribution in [2.75, 3.05) is 36.2 Å². The van der Waals surface area contributed by atoms with Gasteiger partial charge in [0, 0.05) is 44.4 Å². The van der Waals surface area contributed by atoms with Gasteiger partial charge >= 0.3 is 0 Å². The van der Waals surface area contributed by atoms with Crippen molar-refractivity contribution >= 4 is 23.2 Å². The lowest BCUT2D eigenvalue weighted by Crippen LogP contribution is -2.14. The summed E-state index contributed by atoms with van der Waals surface area (Å²) in [5.74, 6) is 0.222. The Morgan fingerprint density at radius 1 is 1.23 bits per heavy atom. The van der Waals surface area contributed by atoms with Crippen LogP contribution in [0, 0.1) is 0 Å². The summed E-state index contributed by atoms with van der Waals surface area (Å²) in [5.41, 5.74) is 2.20. The Hall–Kier alpha value is -2.89. The summed E-state index contributed by atoms with van der Waals surface area (Å²) in [6, 6.07) is 7.59. The van der Waals surface area contributed by atoms with Crippen molar-refractivity contribution < 1.29 is 4.79 Å². The van der Waals surface area contributed by atoms with E-state index in [0.717, 1.165) is 11.4 Å². The van der Waals surface area contributed by atoms with Crippen molar-refractivity contribution in [1.82, 2.24) is 9.97 Å². The predicted molar refractivity (Wildman–Crippen MR) is 89.4 cm³/mol. The SMILES string of the molecule is C=CCNc1ncc(C(=O)Nc2ccc(N(C)C)cc2)cn1. The normalized spacial score (nSPS) is 9.91. The molecule has 0 atom stereocenters. The fourth-order valence-corrected chi connectivity index (χ4v) is 1.75. The van der Waals surface area contributed by atoms with Gasteiger partial charge in [-0.1, -0.05) is 6.08 Å². The van der Waals surface area contributed by atoms with Gasteiger partial charge in [0.2, 0.25) is 5.95 Å². The van der Waals surface area contributed by atoms with Gasteiger partial charge in [-0.25, -0.2) is 9.97 Å². The Bertz CT molecular complexity index is 635. The third kappa shape index (κ3) is 4.05. The minimum Gasteiger partial charge on any atom is -0.378 e. The molecule has 1 aromatic heterocycles. The van der Waals surface area contributed by atoms with Gasteiger partial charge in [0.05, 0.1) is 5.56 Å². The van der Waals surface area contributed by atoms with Crippen LogP contribution in [0.15, 0.2) is 49.3 Å². The molecule has 0 unspecified atom stereocenters. The van der Waals surface area contributed by atoms with Crippen LogP contribution in [0.3, 0.4) is 0 Å². The minimum absolute atomic E-state index is 0.243. The minimum atomic E-state index is -0.243. The van der Waals surface area contributed by atoms with Crippen LogP contribution >= 0.6 is 0 Å². The molecule has 0 bridgehead atoms. The zero-order valence-electron chi connectivity index (χ0n) is 12.7. The second-order valence-electron chi connectivity index (χ2n) is 4.86. The molecule has 2 N–H and O–H groups in total. The molecule has 6 nitrogen and oxygen atoms in total. The molecular weight excluding hydrogens is 278 g/mol. The van der Waals surface area contributed by atoms with E-state index in [-0.39, 0.29) is 5.91 Å². The second-order valence-corrected chi connectivity index (χ2v) is 4.86. The number of rotatable bonds is 6. The van der Waals surface area contributed by atoms with E-state index in [0.29, 0.717) is 18.1 Å². The number of carbonyl (C=O) groups is 1. The van der Waals surface area contributed by atoms with Crippen LogP contribution in [0.5, 0.6) is 0 Å². The third-order valence-corrected chi connectivity index (χ3v) is 2.96. The first kappa shape index (κ1) is 15.5. The molecule has 0 aliphatic heterocycles. The van der Waals surface area contributed by atoms with Crippen LogP contribution in [-0.2, 0) is 0 Å². The van der Waals surface area contributed by atoms with Crippen LogP contribution in [0.1, 0.15) is 10.4 Å². The zero-order valence-corrected chi connectivity index (χ0v) is 12.7. The van der Waals surface area contributed by atoms with Gasteiger partial charge in [-0.15, -0.1) is 6.58 Å². The molecule has 2 aromatic rings. The lowest BCUT2D eigenvalue weighted by Gasteiger charge is -2.13. The summed E-state index contributed by atoms with van der Waals surface area (Å²) in [7, 11) is 3.93. The van der Waals surface area contributed by atoms with Crippen LogP contribution in [-0.4, -0.2) is 36.5 Å². The predicted octanol–water partition coefficient (Wildman–Crippen LogP) is 2.39. The highest BCUT2D eigenvalue weighted by atomic mass is 16.1. The summed E-state index contributed by atoms with van der Waals surface area (Å²) in [4.78, 5) is 22.3.